The third kappa shape index (κ3) is 2.14. The Morgan fingerprint density at radius 1 is 1.25 bits per heavy atom. The zero-order chi connectivity index (χ0) is 11.6. The molecule has 0 saturated heterocycles. The highest BCUT2D eigenvalue weighted by atomic mass is 19.1. The van der Waals surface area contributed by atoms with Gasteiger partial charge in [-0.3, -0.25) is 0 Å². The van der Waals surface area contributed by atoms with E-state index < -0.39 is 5.54 Å². The van der Waals surface area contributed by atoms with E-state index in [1.807, 2.05) is 6.92 Å². The van der Waals surface area contributed by atoms with Crippen molar-refractivity contribution in [2.45, 2.75) is 18.9 Å². The molecular formula is C13H14FNO. The number of nitrogens with two attached hydrogens (primary N) is 1. The zero-order valence-corrected chi connectivity index (χ0v) is 9.11. The van der Waals surface area contributed by atoms with Gasteiger partial charge < -0.3 is 10.2 Å². The predicted molar refractivity (Wildman–Crippen MR) is 60.4 cm³/mol. The first-order valence-corrected chi connectivity index (χ1v) is 5.16. The summed E-state index contributed by atoms with van der Waals surface area (Å²) in [4.78, 5) is 0. The first-order valence-electron chi connectivity index (χ1n) is 5.16. The van der Waals surface area contributed by atoms with E-state index >= 15 is 0 Å². The molecule has 0 amide bonds. The van der Waals surface area contributed by atoms with Gasteiger partial charge in [0.2, 0.25) is 0 Å². The van der Waals surface area contributed by atoms with E-state index in [1.165, 1.54) is 6.07 Å². The van der Waals surface area contributed by atoms with Gasteiger partial charge in [0.15, 0.2) is 0 Å². The van der Waals surface area contributed by atoms with Crippen LogP contribution in [-0.2, 0) is 12.0 Å². The average molecular weight is 219 g/mol. The van der Waals surface area contributed by atoms with Gasteiger partial charge in [-0.15, -0.1) is 0 Å². The first-order chi connectivity index (χ1) is 7.59. The monoisotopic (exact) mass is 219 g/mol. The molecule has 0 unspecified atom stereocenters. The van der Waals surface area contributed by atoms with E-state index in [0.717, 1.165) is 0 Å². The summed E-state index contributed by atoms with van der Waals surface area (Å²) in [5.41, 5.74) is 6.04. The molecule has 3 heteroatoms. The molecule has 84 valence electrons. The summed E-state index contributed by atoms with van der Waals surface area (Å²) in [7, 11) is 0. The quantitative estimate of drug-likeness (QED) is 0.862. The predicted octanol–water partition coefficient (Wildman–Crippen LogP) is 2.84. The van der Waals surface area contributed by atoms with Crippen LogP contribution in [0.2, 0.25) is 0 Å². The number of hydrogen-bond donors (Lipinski definition) is 1. The molecule has 0 saturated carbocycles. The minimum Gasteiger partial charge on any atom is -0.467 e. The first kappa shape index (κ1) is 10.9. The normalized spacial score (nSPS) is 14.7. The minimum atomic E-state index is -0.689. The van der Waals surface area contributed by atoms with Crippen LogP contribution in [0.5, 0.6) is 0 Å². The van der Waals surface area contributed by atoms with E-state index in [9.17, 15) is 4.39 Å². The molecule has 1 aromatic heterocycles. The van der Waals surface area contributed by atoms with E-state index in [-0.39, 0.29) is 5.82 Å². The second kappa shape index (κ2) is 4.10. The van der Waals surface area contributed by atoms with Crippen molar-refractivity contribution < 1.29 is 8.81 Å². The van der Waals surface area contributed by atoms with Crippen molar-refractivity contribution >= 4 is 0 Å². The van der Waals surface area contributed by atoms with Gasteiger partial charge in [-0.25, -0.2) is 4.39 Å². The molecule has 2 N–H and O–H groups in total. The van der Waals surface area contributed by atoms with Crippen molar-refractivity contribution in [2.24, 2.45) is 5.73 Å². The molecule has 0 spiro atoms. The van der Waals surface area contributed by atoms with Crippen LogP contribution in [0, 0.1) is 5.82 Å². The third-order valence-electron chi connectivity index (χ3n) is 2.60. The molecule has 0 aliphatic heterocycles. The second-order valence-electron chi connectivity index (χ2n) is 4.16. The Bertz CT molecular complexity index is 463. The average Bonchev–Trinajstić information content (AvgIpc) is 2.75. The topological polar surface area (TPSA) is 39.2 Å². The Morgan fingerprint density at radius 3 is 2.62 bits per heavy atom. The van der Waals surface area contributed by atoms with Crippen molar-refractivity contribution in [3.63, 3.8) is 0 Å². The van der Waals surface area contributed by atoms with Crippen molar-refractivity contribution in [1.29, 1.82) is 0 Å². The summed E-state index contributed by atoms with van der Waals surface area (Å²) < 4.78 is 18.7. The number of halogens is 1. The SMILES string of the molecule is C[C@](N)(Cc1ccccc1F)c1ccco1. The van der Waals surface area contributed by atoms with Crippen molar-refractivity contribution in [3.8, 4) is 0 Å². The summed E-state index contributed by atoms with van der Waals surface area (Å²) in [6.07, 6.45) is 1.98. The molecule has 0 radical (unpaired) electrons. The van der Waals surface area contributed by atoms with Crippen LogP contribution in [-0.4, -0.2) is 0 Å². The Labute approximate surface area is 93.9 Å². The van der Waals surface area contributed by atoms with Gasteiger partial charge in [0.05, 0.1) is 11.8 Å². The van der Waals surface area contributed by atoms with Gasteiger partial charge in [-0.1, -0.05) is 18.2 Å². The molecule has 1 atom stereocenters. The van der Waals surface area contributed by atoms with E-state index in [2.05, 4.69) is 0 Å². The Kier molecular flexibility index (Phi) is 2.79. The third-order valence-corrected chi connectivity index (χ3v) is 2.60. The maximum atomic E-state index is 13.5. The lowest BCUT2D eigenvalue weighted by Crippen LogP contribution is -2.35. The molecule has 2 aromatic rings. The lowest BCUT2D eigenvalue weighted by atomic mass is 9.91. The molecule has 0 aliphatic carbocycles. The summed E-state index contributed by atoms with van der Waals surface area (Å²) in [5, 5.41) is 0. The van der Waals surface area contributed by atoms with Crippen molar-refractivity contribution in [3.05, 3.63) is 59.8 Å². The van der Waals surface area contributed by atoms with Gasteiger partial charge in [0.25, 0.3) is 0 Å². The van der Waals surface area contributed by atoms with E-state index in [4.69, 9.17) is 10.2 Å². The molecule has 2 nitrogen and oxygen atoms in total. The summed E-state index contributed by atoms with van der Waals surface area (Å²) in [6, 6.07) is 10.2. The molecular weight excluding hydrogens is 205 g/mol. The molecule has 0 fully saturated rings. The summed E-state index contributed by atoms with van der Waals surface area (Å²) in [6.45, 7) is 1.83. The van der Waals surface area contributed by atoms with Crippen LogP contribution in [0.1, 0.15) is 18.2 Å². The fourth-order valence-corrected chi connectivity index (χ4v) is 1.73. The maximum absolute atomic E-state index is 13.5. The van der Waals surface area contributed by atoms with E-state index in [1.54, 1.807) is 36.6 Å². The van der Waals surface area contributed by atoms with Crippen LogP contribution >= 0.6 is 0 Å². The lowest BCUT2D eigenvalue weighted by molar-refractivity contribution is 0.362. The number of hydrogen-bond acceptors (Lipinski definition) is 2. The van der Waals surface area contributed by atoms with Gasteiger partial charge in [-0.2, -0.15) is 0 Å². The van der Waals surface area contributed by atoms with Crippen LogP contribution in [0.25, 0.3) is 0 Å². The second-order valence-corrected chi connectivity index (χ2v) is 4.16. The summed E-state index contributed by atoms with van der Waals surface area (Å²) >= 11 is 0. The molecule has 1 aromatic carbocycles. The van der Waals surface area contributed by atoms with Crippen LogP contribution in [0.15, 0.2) is 47.1 Å². The van der Waals surface area contributed by atoms with Crippen LogP contribution in [0.3, 0.4) is 0 Å². The zero-order valence-electron chi connectivity index (χ0n) is 9.11. The molecule has 2 rings (SSSR count). The number of benzene rings is 1. The molecule has 0 aliphatic rings. The Morgan fingerprint density at radius 2 is 2.00 bits per heavy atom. The Hall–Kier alpha value is -1.61. The summed E-state index contributed by atoms with van der Waals surface area (Å²) in [5.74, 6) is 0.432. The maximum Gasteiger partial charge on any atom is 0.126 e. The van der Waals surface area contributed by atoms with Gasteiger partial charge >= 0.3 is 0 Å². The molecule has 1 heterocycles. The Balaban J connectivity index is 2.25. The fourth-order valence-electron chi connectivity index (χ4n) is 1.73. The van der Waals surface area contributed by atoms with Crippen LogP contribution < -0.4 is 5.73 Å². The number of furan rings is 1. The van der Waals surface area contributed by atoms with Gasteiger partial charge in [-0.05, 0) is 30.7 Å². The van der Waals surface area contributed by atoms with E-state index in [0.29, 0.717) is 17.7 Å². The van der Waals surface area contributed by atoms with Gasteiger partial charge in [0.1, 0.15) is 11.6 Å². The van der Waals surface area contributed by atoms with Crippen LogP contribution in [0.4, 0.5) is 4.39 Å². The highest BCUT2D eigenvalue weighted by Crippen LogP contribution is 2.24. The highest BCUT2D eigenvalue weighted by molar-refractivity contribution is 5.23. The lowest BCUT2D eigenvalue weighted by Gasteiger charge is -2.22. The highest BCUT2D eigenvalue weighted by Gasteiger charge is 2.25. The number of rotatable bonds is 3. The smallest absolute Gasteiger partial charge is 0.126 e. The van der Waals surface area contributed by atoms with Crippen molar-refractivity contribution in [2.75, 3.05) is 0 Å². The standard InChI is InChI=1S/C13H14FNO/c1-13(15,12-7-4-8-16-12)9-10-5-2-3-6-11(10)14/h2-8H,9,15H2,1H3/t13-/m0/s1. The van der Waals surface area contributed by atoms with Crippen molar-refractivity contribution in [1.82, 2.24) is 0 Å². The molecule has 16 heavy (non-hydrogen) atoms. The largest absolute Gasteiger partial charge is 0.467 e. The van der Waals surface area contributed by atoms with Gasteiger partial charge in [0, 0.05) is 6.42 Å². The fraction of sp³-hybridized carbons (Fsp3) is 0.231. The minimum absolute atomic E-state index is 0.231. The molecule has 0 bridgehead atoms.